The fourth-order valence-corrected chi connectivity index (χ4v) is 2.50. The Hall–Kier alpha value is -2.95. The van der Waals surface area contributed by atoms with E-state index in [0.29, 0.717) is 0 Å². The standard InChI is InChI=1S/C17H15N5/c1-21(2)17-14(12-9-6-10-12)11-15-18-19-16(22(15)20-17)13-7-4-3-5-8-13/h3-11H,1-2H3. The maximum atomic E-state index is 4.76. The highest BCUT2D eigenvalue weighted by molar-refractivity contribution is 5.87. The summed E-state index contributed by atoms with van der Waals surface area (Å²) in [5, 5.41) is 13.3. The van der Waals surface area contributed by atoms with E-state index in [0.717, 1.165) is 28.4 Å². The summed E-state index contributed by atoms with van der Waals surface area (Å²) in [6.45, 7) is 0. The van der Waals surface area contributed by atoms with Gasteiger partial charge in [0, 0.05) is 25.2 Å². The van der Waals surface area contributed by atoms with Gasteiger partial charge in [-0.05, 0) is 11.6 Å². The second kappa shape index (κ2) is 4.80. The minimum absolute atomic E-state index is 0.751. The average molecular weight is 289 g/mol. The van der Waals surface area contributed by atoms with E-state index in [1.165, 1.54) is 5.57 Å². The molecule has 0 saturated carbocycles. The second-order valence-corrected chi connectivity index (χ2v) is 5.42. The van der Waals surface area contributed by atoms with Gasteiger partial charge in [-0.3, -0.25) is 0 Å². The Morgan fingerprint density at radius 2 is 1.82 bits per heavy atom. The van der Waals surface area contributed by atoms with Gasteiger partial charge in [-0.15, -0.1) is 15.3 Å². The zero-order chi connectivity index (χ0) is 15.1. The molecule has 0 saturated heterocycles. The number of fused-ring (bicyclic) bond motifs is 1. The zero-order valence-corrected chi connectivity index (χ0v) is 12.4. The minimum Gasteiger partial charge on any atom is -0.361 e. The lowest BCUT2D eigenvalue weighted by molar-refractivity contribution is 0.899. The number of benzene rings is 1. The first-order valence-corrected chi connectivity index (χ1v) is 7.12. The van der Waals surface area contributed by atoms with Crippen LogP contribution in [0, 0.1) is 0 Å². The quantitative estimate of drug-likeness (QED) is 0.744. The van der Waals surface area contributed by atoms with Crippen LogP contribution >= 0.6 is 0 Å². The molecule has 0 spiro atoms. The number of hydrogen-bond acceptors (Lipinski definition) is 4. The van der Waals surface area contributed by atoms with Crippen molar-refractivity contribution in [1.29, 1.82) is 0 Å². The molecule has 5 heteroatoms. The third-order valence-corrected chi connectivity index (χ3v) is 3.69. The van der Waals surface area contributed by atoms with Crippen LogP contribution in [0.15, 0.2) is 54.6 Å². The maximum absolute atomic E-state index is 4.76. The van der Waals surface area contributed by atoms with Crippen molar-refractivity contribution in [3.63, 3.8) is 0 Å². The largest absolute Gasteiger partial charge is 0.361 e. The monoisotopic (exact) mass is 289 g/mol. The fourth-order valence-electron chi connectivity index (χ4n) is 2.50. The molecule has 0 unspecified atom stereocenters. The first-order valence-electron chi connectivity index (χ1n) is 7.12. The van der Waals surface area contributed by atoms with Crippen molar-refractivity contribution >= 4 is 17.0 Å². The van der Waals surface area contributed by atoms with Crippen molar-refractivity contribution in [2.75, 3.05) is 19.0 Å². The summed E-state index contributed by atoms with van der Waals surface area (Å²) in [7, 11) is 3.99. The van der Waals surface area contributed by atoms with E-state index in [2.05, 4.69) is 22.3 Å². The van der Waals surface area contributed by atoms with E-state index in [-0.39, 0.29) is 0 Å². The van der Waals surface area contributed by atoms with Gasteiger partial charge < -0.3 is 4.90 Å². The lowest BCUT2D eigenvalue weighted by Gasteiger charge is -2.18. The van der Waals surface area contributed by atoms with E-state index in [4.69, 9.17) is 5.10 Å². The van der Waals surface area contributed by atoms with E-state index in [1.54, 1.807) is 4.52 Å². The molecule has 1 aliphatic carbocycles. The van der Waals surface area contributed by atoms with Crippen molar-refractivity contribution in [3.05, 3.63) is 60.2 Å². The minimum atomic E-state index is 0.751. The molecule has 4 rings (SSSR count). The Morgan fingerprint density at radius 3 is 2.45 bits per heavy atom. The van der Waals surface area contributed by atoms with Crippen LogP contribution in [-0.4, -0.2) is 33.9 Å². The van der Waals surface area contributed by atoms with Gasteiger partial charge in [0.25, 0.3) is 0 Å². The molecule has 0 fully saturated rings. The lowest BCUT2D eigenvalue weighted by atomic mass is 10.0. The molecule has 22 heavy (non-hydrogen) atoms. The highest BCUT2D eigenvalue weighted by Crippen LogP contribution is 2.30. The number of rotatable bonds is 3. The number of anilines is 1. The molecule has 2 aromatic heterocycles. The van der Waals surface area contributed by atoms with Crippen LogP contribution in [0.2, 0.25) is 0 Å². The second-order valence-electron chi connectivity index (χ2n) is 5.42. The number of hydrogen-bond donors (Lipinski definition) is 0. The highest BCUT2D eigenvalue weighted by atomic mass is 15.4. The fraction of sp³-hybridized carbons (Fsp3) is 0.118. The number of nitrogens with zero attached hydrogens (tertiary/aromatic N) is 5. The Balaban J connectivity index is 1.95. The topological polar surface area (TPSA) is 46.3 Å². The normalized spacial score (nSPS) is 13.1. The van der Waals surface area contributed by atoms with Crippen molar-refractivity contribution in [2.45, 2.75) is 0 Å². The summed E-state index contributed by atoms with van der Waals surface area (Å²) in [4.78, 5) is 2.01. The molecule has 0 N–H and O–H groups in total. The third kappa shape index (κ3) is 1.90. The Bertz CT molecular complexity index is 903. The average Bonchev–Trinajstić information content (AvgIpc) is 2.88. The van der Waals surface area contributed by atoms with Crippen molar-refractivity contribution < 1.29 is 0 Å². The maximum Gasteiger partial charge on any atom is 0.185 e. The van der Waals surface area contributed by atoms with E-state index in [9.17, 15) is 0 Å². The van der Waals surface area contributed by atoms with E-state index in [1.807, 2.05) is 61.5 Å². The zero-order valence-electron chi connectivity index (χ0n) is 12.4. The summed E-state index contributed by atoms with van der Waals surface area (Å²) in [6.07, 6.45) is 6.18. The molecule has 3 aromatic rings. The van der Waals surface area contributed by atoms with Gasteiger partial charge in [-0.2, -0.15) is 4.52 Å². The van der Waals surface area contributed by atoms with E-state index >= 15 is 0 Å². The summed E-state index contributed by atoms with van der Waals surface area (Å²) in [6, 6.07) is 12.0. The van der Waals surface area contributed by atoms with Gasteiger partial charge in [0.15, 0.2) is 17.3 Å². The van der Waals surface area contributed by atoms with Gasteiger partial charge in [0.05, 0.1) is 0 Å². The molecule has 1 aliphatic rings. The molecular weight excluding hydrogens is 274 g/mol. The molecular formula is C17H15N5. The lowest BCUT2D eigenvalue weighted by Crippen LogP contribution is -2.15. The van der Waals surface area contributed by atoms with Crippen molar-refractivity contribution in [1.82, 2.24) is 19.8 Å². The number of aromatic nitrogens is 4. The van der Waals surface area contributed by atoms with Crippen LogP contribution in [0.3, 0.4) is 0 Å². The van der Waals surface area contributed by atoms with Gasteiger partial charge in [-0.25, -0.2) is 0 Å². The molecule has 0 bridgehead atoms. The molecule has 0 atom stereocenters. The van der Waals surface area contributed by atoms with Gasteiger partial charge in [-0.1, -0.05) is 48.6 Å². The van der Waals surface area contributed by atoms with Crippen LogP contribution < -0.4 is 4.90 Å². The smallest absolute Gasteiger partial charge is 0.185 e. The van der Waals surface area contributed by atoms with Gasteiger partial charge >= 0.3 is 0 Å². The Labute approximate surface area is 128 Å². The SMILES string of the molecule is CN(C)c1nn2c(-c3ccccc3)nnc2cc1C1=CC=C1. The van der Waals surface area contributed by atoms with Crippen LogP contribution in [0.1, 0.15) is 5.56 Å². The first kappa shape index (κ1) is 12.8. The van der Waals surface area contributed by atoms with Crippen LogP contribution in [0.4, 0.5) is 5.82 Å². The molecule has 108 valence electrons. The Kier molecular flexibility index (Phi) is 2.79. The predicted octanol–water partition coefficient (Wildman–Crippen LogP) is 2.81. The van der Waals surface area contributed by atoms with Gasteiger partial charge in [0.1, 0.15) is 0 Å². The van der Waals surface area contributed by atoms with Gasteiger partial charge in [0.2, 0.25) is 0 Å². The van der Waals surface area contributed by atoms with Crippen LogP contribution in [0.5, 0.6) is 0 Å². The number of allylic oxidation sites excluding steroid dienone is 4. The van der Waals surface area contributed by atoms with Crippen LogP contribution in [0.25, 0.3) is 22.6 Å². The van der Waals surface area contributed by atoms with Crippen molar-refractivity contribution in [3.8, 4) is 11.4 Å². The molecule has 2 heterocycles. The first-order chi connectivity index (χ1) is 10.7. The molecule has 0 amide bonds. The molecule has 0 radical (unpaired) electrons. The predicted molar refractivity (Wildman–Crippen MR) is 87.7 cm³/mol. The summed E-state index contributed by atoms with van der Waals surface area (Å²) < 4.78 is 1.80. The molecule has 5 nitrogen and oxygen atoms in total. The molecule has 0 aliphatic heterocycles. The summed E-state index contributed by atoms with van der Waals surface area (Å²) in [5.74, 6) is 1.66. The Morgan fingerprint density at radius 1 is 1.05 bits per heavy atom. The van der Waals surface area contributed by atoms with Crippen molar-refractivity contribution in [2.24, 2.45) is 0 Å². The summed E-state index contributed by atoms with van der Waals surface area (Å²) in [5.41, 5.74) is 4.00. The summed E-state index contributed by atoms with van der Waals surface area (Å²) >= 11 is 0. The third-order valence-electron chi connectivity index (χ3n) is 3.69. The van der Waals surface area contributed by atoms with E-state index < -0.39 is 0 Å². The molecule has 1 aromatic carbocycles. The highest BCUT2D eigenvalue weighted by Gasteiger charge is 2.17. The van der Waals surface area contributed by atoms with Crippen LogP contribution in [-0.2, 0) is 0 Å².